The average molecular weight is 364 g/mol. The molecule has 1 N–H and O–H groups in total. The molecule has 0 unspecified atom stereocenters. The van der Waals surface area contributed by atoms with Crippen LogP contribution in [0.4, 0.5) is 0 Å². The molecular weight excluding hydrogens is 340 g/mol. The topological polar surface area (TPSA) is 63.1 Å². The number of hydrogen-bond donors (Lipinski definition) is 1. The number of carbonyl (C=O) groups excluding carboxylic acids is 1. The van der Waals surface area contributed by atoms with E-state index in [1.165, 1.54) is 29.8 Å². The largest absolute Gasteiger partial charge is 0.497 e. The van der Waals surface area contributed by atoms with Crippen LogP contribution < -0.4 is 4.74 Å². The summed E-state index contributed by atoms with van der Waals surface area (Å²) in [5.74, 6) is 1.54. The lowest BCUT2D eigenvalue weighted by Crippen LogP contribution is -2.34. The van der Waals surface area contributed by atoms with E-state index >= 15 is 0 Å². The molecule has 1 aliphatic carbocycles. The van der Waals surface area contributed by atoms with Gasteiger partial charge in [0.15, 0.2) is 0 Å². The molecule has 140 valence electrons. The fourth-order valence-electron chi connectivity index (χ4n) is 4.23. The summed E-state index contributed by atoms with van der Waals surface area (Å²) >= 11 is 0. The molecule has 6 heteroatoms. The van der Waals surface area contributed by atoms with Gasteiger partial charge in [0, 0.05) is 49.1 Å². The second-order valence-electron chi connectivity index (χ2n) is 7.65. The number of ether oxygens (including phenoxy) is 1. The number of carbonyl (C=O) groups is 1. The third-order valence-electron chi connectivity index (χ3n) is 5.97. The summed E-state index contributed by atoms with van der Waals surface area (Å²) in [4.78, 5) is 15.2. The van der Waals surface area contributed by atoms with Crippen LogP contribution in [0.2, 0.25) is 0 Å². The van der Waals surface area contributed by atoms with Gasteiger partial charge in [0.05, 0.1) is 12.8 Å². The molecule has 2 aromatic heterocycles. The number of benzene rings is 1. The highest BCUT2D eigenvalue weighted by Gasteiger charge is 2.32. The van der Waals surface area contributed by atoms with E-state index in [2.05, 4.69) is 10.2 Å². The van der Waals surface area contributed by atoms with Gasteiger partial charge in [-0.25, -0.2) is 0 Å². The molecule has 5 rings (SSSR count). The van der Waals surface area contributed by atoms with Crippen molar-refractivity contribution in [2.75, 3.05) is 20.2 Å². The second-order valence-corrected chi connectivity index (χ2v) is 7.65. The smallest absolute Gasteiger partial charge is 0.270 e. The van der Waals surface area contributed by atoms with Crippen LogP contribution in [0.25, 0.3) is 10.9 Å². The Labute approximate surface area is 158 Å². The minimum Gasteiger partial charge on any atom is -0.497 e. The van der Waals surface area contributed by atoms with E-state index in [4.69, 9.17) is 4.74 Å². The van der Waals surface area contributed by atoms with Crippen molar-refractivity contribution in [3.05, 3.63) is 46.9 Å². The molecule has 0 spiro atoms. The molecule has 3 aromatic rings. The third-order valence-corrected chi connectivity index (χ3v) is 5.97. The van der Waals surface area contributed by atoms with Crippen LogP contribution in [0, 0.1) is 0 Å². The highest BCUT2D eigenvalue weighted by atomic mass is 16.5. The molecule has 0 saturated heterocycles. The first kappa shape index (κ1) is 16.4. The number of rotatable bonds is 3. The molecule has 2 aliphatic rings. The summed E-state index contributed by atoms with van der Waals surface area (Å²) in [6.45, 7) is 1.47. The zero-order valence-electron chi connectivity index (χ0n) is 15.8. The second kappa shape index (κ2) is 6.15. The van der Waals surface area contributed by atoms with Crippen LogP contribution in [0.3, 0.4) is 0 Å². The molecule has 0 bridgehead atoms. The number of amides is 1. The quantitative estimate of drug-likeness (QED) is 0.777. The number of aromatic nitrogens is 3. The predicted molar refractivity (Wildman–Crippen MR) is 103 cm³/mol. The molecule has 3 heterocycles. The molecule has 27 heavy (non-hydrogen) atoms. The van der Waals surface area contributed by atoms with Gasteiger partial charge >= 0.3 is 0 Å². The lowest BCUT2D eigenvalue weighted by Gasteiger charge is -2.20. The Morgan fingerprint density at radius 3 is 2.81 bits per heavy atom. The molecule has 1 aromatic carbocycles. The highest BCUT2D eigenvalue weighted by Crippen LogP contribution is 2.41. The van der Waals surface area contributed by atoms with E-state index in [0.717, 1.165) is 48.3 Å². The molecule has 6 nitrogen and oxygen atoms in total. The Kier molecular flexibility index (Phi) is 3.74. The van der Waals surface area contributed by atoms with Gasteiger partial charge in [-0.05, 0) is 49.1 Å². The number of nitrogens with one attached hydrogen (secondary N) is 1. The molecule has 0 radical (unpaired) electrons. The molecule has 1 aliphatic heterocycles. The Hall–Kier alpha value is -2.76. The Morgan fingerprint density at radius 1 is 1.22 bits per heavy atom. The number of hydrogen-bond acceptors (Lipinski definition) is 3. The minimum atomic E-state index is 0.0961. The van der Waals surface area contributed by atoms with E-state index < -0.39 is 0 Å². The number of nitrogens with zero attached hydrogens (tertiary/aromatic N) is 3. The maximum atomic E-state index is 13.2. The zero-order valence-corrected chi connectivity index (χ0v) is 15.8. The first-order valence-corrected chi connectivity index (χ1v) is 9.64. The molecule has 1 saturated carbocycles. The fraction of sp³-hybridized carbons (Fsp3) is 0.429. The Balaban J connectivity index is 1.41. The maximum Gasteiger partial charge on any atom is 0.270 e. The lowest BCUT2D eigenvalue weighted by atomic mass is 10.1. The normalized spacial score (nSPS) is 17.0. The summed E-state index contributed by atoms with van der Waals surface area (Å²) in [5.41, 5.74) is 5.59. The van der Waals surface area contributed by atoms with Gasteiger partial charge in [-0.3, -0.25) is 9.89 Å². The van der Waals surface area contributed by atoms with E-state index in [1.807, 2.05) is 40.8 Å². The van der Waals surface area contributed by atoms with Crippen LogP contribution >= 0.6 is 0 Å². The lowest BCUT2D eigenvalue weighted by molar-refractivity contribution is 0.0753. The van der Waals surface area contributed by atoms with Crippen molar-refractivity contribution >= 4 is 16.8 Å². The summed E-state index contributed by atoms with van der Waals surface area (Å²) in [5, 5.41) is 8.80. The Morgan fingerprint density at radius 2 is 2.04 bits per heavy atom. The van der Waals surface area contributed by atoms with Gasteiger partial charge in [-0.15, -0.1) is 0 Å². The van der Waals surface area contributed by atoms with Gasteiger partial charge in [0.1, 0.15) is 11.4 Å². The van der Waals surface area contributed by atoms with Crippen LogP contribution in [0.1, 0.15) is 46.2 Å². The third kappa shape index (κ3) is 2.71. The molecule has 1 fully saturated rings. The van der Waals surface area contributed by atoms with Gasteiger partial charge in [-0.1, -0.05) is 0 Å². The molecule has 1 amide bonds. The summed E-state index contributed by atoms with van der Waals surface area (Å²) in [7, 11) is 3.62. The monoisotopic (exact) mass is 364 g/mol. The highest BCUT2D eigenvalue weighted by molar-refractivity contribution is 5.99. The van der Waals surface area contributed by atoms with E-state index in [9.17, 15) is 4.79 Å². The van der Waals surface area contributed by atoms with Gasteiger partial charge < -0.3 is 14.2 Å². The summed E-state index contributed by atoms with van der Waals surface area (Å²) in [6.07, 6.45) is 4.23. The zero-order chi connectivity index (χ0) is 18.5. The van der Waals surface area contributed by atoms with Crippen LogP contribution in [-0.4, -0.2) is 45.8 Å². The van der Waals surface area contributed by atoms with E-state index in [-0.39, 0.29) is 5.91 Å². The van der Waals surface area contributed by atoms with Crippen molar-refractivity contribution in [1.82, 2.24) is 19.7 Å². The van der Waals surface area contributed by atoms with Crippen LogP contribution in [0.15, 0.2) is 24.3 Å². The van der Waals surface area contributed by atoms with Crippen molar-refractivity contribution in [1.29, 1.82) is 0 Å². The molecule has 0 atom stereocenters. The SMILES string of the molecule is COc1ccc2c(c1)cc(C(=O)N1CCc3[nH]nc(C4CC4)c3CC1)n2C. The number of H-pyrrole nitrogens is 1. The first-order valence-electron chi connectivity index (χ1n) is 9.64. The van der Waals surface area contributed by atoms with Crippen molar-refractivity contribution < 1.29 is 9.53 Å². The van der Waals surface area contributed by atoms with Crippen molar-refractivity contribution in [2.24, 2.45) is 7.05 Å². The van der Waals surface area contributed by atoms with Crippen molar-refractivity contribution in [3.8, 4) is 5.75 Å². The maximum absolute atomic E-state index is 13.2. The van der Waals surface area contributed by atoms with E-state index in [1.54, 1.807) is 7.11 Å². The van der Waals surface area contributed by atoms with Crippen LogP contribution in [-0.2, 0) is 19.9 Å². The number of methoxy groups -OCH3 is 1. The average Bonchev–Trinajstić information content (AvgIpc) is 3.42. The van der Waals surface area contributed by atoms with Crippen LogP contribution in [0.5, 0.6) is 5.75 Å². The summed E-state index contributed by atoms with van der Waals surface area (Å²) < 4.78 is 7.30. The van der Waals surface area contributed by atoms with Gasteiger partial charge in [-0.2, -0.15) is 5.10 Å². The number of fused-ring (bicyclic) bond motifs is 2. The van der Waals surface area contributed by atoms with Crippen molar-refractivity contribution in [3.63, 3.8) is 0 Å². The standard InChI is InChI=1S/C21H24N4O2/c1-24-18-6-5-15(27-2)11-14(18)12-19(24)21(26)25-9-7-16-17(8-10-25)22-23-20(16)13-3-4-13/h5-6,11-13H,3-4,7-10H2,1-2H3,(H,22,23). The van der Waals surface area contributed by atoms with Gasteiger partial charge in [0.2, 0.25) is 0 Å². The Bertz CT molecular complexity index is 1030. The fourth-order valence-corrected chi connectivity index (χ4v) is 4.23. The summed E-state index contributed by atoms with van der Waals surface area (Å²) in [6, 6.07) is 7.89. The number of aromatic amines is 1. The number of aryl methyl sites for hydroxylation is 1. The first-order chi connectivity index (χ1) is 13.2. The predicted octanol–water partition coefficient (Wildman–Crippen LogP) is 3.03. The minimum absolute atomic E-state index is 0.0961. The van der Waals surface area contributed by atoms with Gasteiger partial charge in [0.25, 0.3) is 5.91 Å². The molecular formula is C21H24N4O2. The van der Waals surface area contributed by atoms with E-state index in [0.29, 0.717) is 5.92 Å². The van der Waals surface area contributed by atoms with Crippen molar-refractivity contribution in [2.45, 2.75) is 31.6 Å².